The number of amides is 1. The number of ketones is 2. The van der Waals surface area contributed by atoms with Crippen LogP contribution in [0.4, 0.5) is 10.1 Å². The van der Waals surface area contributed by atoms with E-state index in [1.54, 1.807) is 20.8 Å². The number of carbonyl (C=O) groups is 3. The Labute approximate surface area is 124 Å². The summed E-state index contributed by atoms with van der Waals surface area (Å²) in [6.07, 6.45) is 0. The third-order valence-corrected chi connectivity index (χ3v) is 3.76. The maximum absolute atomic E-state index is 13.6. The fourth-order valence-electron chi connectivity index (χ4n) is 1.83. The van der Waals surface area contributed by atoms with Gasteiger partial charge in [0.2, 0.25) is 0 Å². The molecule has 6 heteroatoms. The van der Waals surface area contributed by atoms with E-state index in [-0.39, 0.29) is 28.1 Å². The van der Waals surface area contributed by atoms with E-state index < -0.39 is 22.9 Å². The number of rotatable bonds is 2. The summed E-state index contributed by atoms with van der Waals surface area (Å²) >= 11 is 2.97. The van der Waals surface area contributed by atoms with Crippen LogP contribution in [0.25, 0.3) is 0 Å². The van der Waals surface area contributed by atoms with E-state index in [1.165, 1.54) is 6.07 Å². The van der Waals surface area contributed by atoms with E-state index in [9.17, 15) is 18.8 Å². The number of nitrogens with zero attached hydrogens (tertiary/aromatic N) is 1. The molecule has 0 saturated carbocycles. The Hall–Kier alpha value is -1.56. The lowest BCUT2D eigenvalue weighted by atomic mass is 9.90. The molecule has 20 heavy (non-hydrogen) atoms. The quantitative estimate of drug-likeness (QED) is 0.777. The Morgan fingerprint density at radius 1 is 1.30 bits per heavy atom. The molecule has 1 amide bonds. The number of benzene rings is 1. The van der Waals surface area contributed by atoms with Crippen LogP contribution in [-0.2, 0) is 9.59 Å². The number of hydrogen-bond donors (Lipinski definition) is 0. The topological polar surface area (TPSA) is 54.5 Å². The summed E-state index contributed by atoms with van der Waals surface area (Å²) in [5, 5.41) is 0. The number of Topliss-reactive ketones (excluding diaryl/α,β-unsaturated/α-hetero) is 2. The zero-order chi connectivity index (χ0) is 15.2. The molecule has 1 heterocycles. The third-order valence-electron chi connectivity index (χ3n) is 3.15. The summed E-state index contributed by atoms with van der Waals surface area (Å²) in [5.74, 6) is -2.30. The molecule has 0 aliphatic carbocycles. The van der Waals surface area contributed by atoms with Crippen molar-refractivity contribution in [3.8, 4) is 0 Å². The van der Waals surface area contributed by atoms with Crippen molar-refractivity contribution in [3.63, 3.8) is 0 Å². The van der Waals surface area contributed by atoms with Gasteiger partial charge in [0.1, 0.15) is 5.82 Å². The Bertz CT molecular complexity index is 634. The molecule has 4 nitrogen and oxygen atoms in total. The number of anilines is 1. The van der Waals surface area contributed by atoms with Crippen molar-refractivity contribution in [2.45, 2.75) is 20.8 Å². The fraction of sp³-hybridized carbons (Fsp3) is 0.357. The summed E-state index contributed by atoms with van der Waals surface area (Å²) in [7, 11) is 0. The van der Waals surface area contributed by atoms with Crippen LogP contribution in [0, 0.1) is 11.2 Å². The lowest BCUT2D eigenvalue weighted by Crippen LogP contribution is -2.39. The van der Waals surface area contributed by atoms with Gasteiger partial charge < -0.3 is 0 Å². The van der Waals surface area contributed by atoms with Gasteiger partial charge in [-0.3, -0.25) is 19.3 Å². The van der Waals surface area contributed by atoms with Crippen LogP contribution < -0.4 is 4.90 Å². The van der Waals surface area contributed by atoms with Crippen LogP contribution >= 0.6 is 15.9 Å². The summed E-state index contributed by atoms with van der Waals surface area (Å²) in [5.41, 5.74) is -0.372. The minimum atomic E-state index is -0.796. The molecule has 0 unspecified atom stereocenters. The van der Waals surface area contributed by atoms with Crippen LogP contribution in [0.3, 0.4) is 0 Å². The van der Waals surface area contributed by atoms with Gasteiger partial charge in [-0.2, -0.15) is 0 Å². The van der Waals surface area contributed by atoms with Gasteiger partial charge in [0.15, 0.2) is 5.78 Å². The molecule has 1 aromatic rings. The summed E-state index contributed by atoms with van der Waals surface area (Å²) in [4.78, 5) is 36.9. The molecule has 0 atom stereocenters. The van der Waals surface area contributed by atoms with Crippen LogP contribution in [0.1, 0.15) is 31.1 Å². The van der Waals surface area contributed by atoms with Crippen molar-refractivity contribution in [2.75, 3.05) is 11.4 Å². The second-order valence-electron chi connectivity index (χ2n) is 5.68. The zero-order valence-corrected chi connectivity index (χ0v) is 12.9. The van der Waals surface area contributed by atoms with E-state index in [0.29, 0.717) is 0 Å². The highest BCUT2D eigenvalue weighted by Gasteiger charge is 2.39. The van der Waals surface area contributed by atoms with E-state index in [4.69, 9.17) is 0 Å². The molecule has 0 spiro atoms. The molecule has 0 saturated heterocycles. The molecule has 2 rings (SSSR count). The molecular weight excluding hydrogens is 329 g/mol. The Balaban J connectivity index is 2.43. The van der Waals surface area contributed by atoms with Crippen LogP contribution in [0.15, 0.2) is 16.6 Å². The van der Waals surface area contributed by atoms with Crippen LogP contribution in [0.2, 0.25) is 0 Å². The molecule has 1 aromatic carbocycles. The first kappa shape index (κ1) is 14.8. The largest absolute Gasteiger partial charge is 0.299 e. The smallest absolute Gasteiger partial charge is 0.297 e. The van der Waals surface area contributed by atoms with E-state index in [0.717, 1.165) is 11.0 Å². The minimum Gasteiger partial charge on any atom is -0.297 e. The molecule has 1 aliphatic heterocycles. The van der Waals surface area contributed by atoms with Crippen molar-refractivity contribution < 1.29 is 18.8 Å². The van der Waals surface area contributed by atoms with Crippen LogP contribution in [-0.4, -0.2) is 24.0 Å². The maximum atomic E-state index is 13.6. The zero-order valence-electron chi connectivity index (χ0n) is 11.3. The maximum Gasteiger partial charge on any atom is 0.299 e. The molecular formula is C14H13BrFNO3. The van der Waals surface area contributed by atoms with Crippen molar-refractivity contribution in [2.24, 2.45) is 5.41 Å². The number of hydrogen-bond acceptors (Lipinski definition) is 3. The molecule has 106 valence electrons. The van der Waals surface area contributed by atoms with Crippen molar-refractivity contribution >= 4 is 39.1 Å². The number of carbonyl (C=O) groups excluding carboxylic acids is 3. The standard InChI is InChI=1S/C14H13BrFNO3/c1-14(2,3)11(18)6-17-10-5-9(16)8(15)4-7(10)12(19)13(17)20/h4-5H,6H2,1-3H3. The first-order valence-corrected chi connectivity index (χ1v) is 6.81. The van der Waals surface area contributed by atoms with E-state index >= 15 is 0 Å². The average molecular weight is 342 g/mol. The van der Waals surface area contributed by atoms with Gasteiger partial charge in [0, 0.05) is 5.41 Å². The van der Waals surface area contributed by atoms with E-state index in [2.05, 4.69) is 15.9 Å². The molecule has 0 radical (unpaired) electrons. The highest BCUT2D eigenvalue weighted by atomic mass is 79.9. The summed E-state index contributed by atoms with van der Waals surface area (Å²) < 4.78 is 13.7. The Kier molecular flexibility index (Phi) is 3.54. The molecule has 0 aromatic heterocycles. The normalized spacial score (nSPS) is 14.8. The summed E-state index contributed by atoms with van der Waals surface area (Å²) in [6.45, 7) is 4.94. The lowest BCUT2D eigenvalue weighted by molar-refractivity contribution is -0.126. The lowest BCUT2D eigenvalue weighted by Gasteiger charge is -2.22. The number of halogens is 2. The molecule has 0 bridgehead atoms. The molecule has 1 aliphatic rings. The second kappa shape index (κ2) is 4.77. The van der Waals surface area contributed by atoms with Gasteiger partial charge in [-0.1, -0.05) is 20.8 Å². The average Bonchev–Trinajstić information content (AvgIpc) is 2.55. The van der Waals surface area contributed by atoms with Gasteiger partial charge in [-0.25, -0.2) is 4.39 Å². The highest BCUT2D eigenvalue weighted by molar-refractivity contribution is 9.10. The second-order valence-corrected chi connectivity index (χ2v) is 6.53. The first-order valence-electron chi connectivity index (χ1n) is 6.01. The fourth-order valence-corrected chi connectivity index (χ4v) is 2.17. The molecule has 0 N–H and O–H groups in total. The van der Waals surface area contributed by atoms with Gasteiger partial charge in [0.05, 0.1) is 22.3 Å². The molecule has 0 fully saturated rings. The van der Waals surface area contributed by atoms with Gasteiger partial charge >= 0.3 is 0 Å². The van der Waals surface area contributed by atoms with Crippen LogP contribution in [0.5, 0.6) is 0 Å². The highest BCUT2D eigenvalue weighted by Crippen LogP contribution is 2.33. The third kappa shape index (κ3) is 2.40. The van der Waals surface area contributed by atoms with Crippen molar-refractivity contribution in [1.29, 1.82) is 0 Å². The van der Waals surface area contributed by atoms with E-state index in [1.807, 2.05) is 0 Å². The monoisotopic (exact) mass is 341 g/mol. The van der Waals surface area contributed by atoms with Gasteiger partial charge in [0.25, 0.3) is 11.7 Å². The minimum absolute atomic E-state index is 0.112. The Morgan fingerprint density at radius 3 is 2.45 bits per heavy atom. The predicted octanol–water partition coefficient (Wildman–Crippen LogP) is 2.73. The number of fused-ring (bicyclic) bond motifs is 1. The SMILES string of the molecule is CC(C)(C)C(=O)CN1C(=O)C(=O)c2cc(Br)c(F)cc21. The first-order chi connectivity index (χ1) is 9.12. The van der Waals surface area contributed by atoms with Gasteiger partial charge in [-0.15, -0.1) is 0 Å². The van der Waals surface area contributed by atoms with Crippen molar-refractivity contribution in [1.82, 2.24) is 0 Å². The summed E-state index contributed by atoms with van der Waals surface area (Å²) in [6, 6.07) is 2.37. The predicted molar refractivity (Wildman–Crippen MR) is 75.2 cm³/mol. The van der Waals surface area contributed by atoms with Crippen molar-refractivity contribution in [3.05, 3.63) is 28.0 Å². The van der Waals surface area contributed by atoms with Gasteiger partial charge in [-0.05, 0) is 28.1 Å². The Morgan fingerprint density at radius 2 is 1.90 bits per heavy atom.